The number of hydrogen-bond donors (Lipinski definition) is 1. The van der Waals surface area contributed by atoms with Crippen LogP contribution in [0.4, 0.5) is 0 Å². The van der Waals surface area contributed by atoms with E-state index in [1.165, 1.54) is 70.6 Å². The summed E-state index contributed by atoms with van der Waals surface area (Å²) in [5.41, 5.74) is 4.56. The lowest BCUT2D eigenvalue weighted by Crippen LogP contribution is -2.16. The van der Waals surface area contributed by atoms with Gasteiger partial charge in [0.1, 0.15) is 6.61 Å². The summed E-state index contributed by atoms with van der Waals surface area (Å²) >= 11 is 0. The number of carbonyl (C=O) groups is 1. The molecule has 0 unspecified atom stereocenters. The molecule has 0 saturated heterocycles. The van der Waals surface area contributed by atoms with Gasteiger partial charge < -0.3 is 9.47 Å². The van der Waals surface area contributed by atoms with Crippen LogP contribution < -0.4 is 14.9 Å². The fourth-order valence-electron chi connectivity index (χ4n) is 4.16. The molecule has 0 aliphatic carbocycles. The predicted molar refractivity (Wildman–Crippen MR) is 150 cm³/mol. The lowest BCUT2D eigenvalue weighted by Gasteiger charge is -2.11. The number of amides is 1. The maximum atomic E-state index is 12.1. The van der Waals surface area contributed by atoms with Crippen LogP contribution in [0.25, 0.3) is 0 Å². The maximum absolute atomic E-state index is 12.1. The summed E-state index contributed by atoms with van der Waals surface area (Å²) in [6.07, 6.45) is 19.0. The second kappa shape index (κ2) is 19.4. The molecule has 198 valence electrons. The molecule has 0 bridgehead atoms. The Bertz CT molecular complexity index is 867. The molecule has 1 N–H and O–H groups in total. The number of hydrogen-bond acceptors (Lipinski definition) is 4. The zero-order valence-electron chi connectivity index (χ0n) is 22.5. The largest absolute Gasteiger partial charge is 0.493 e. The average Bonchev–Trinajstić information content (AvgIpc) is 2.91. The highest BCUT2D eigenvalue weighted by Crippen LogP contribution is 2.28. The second-order valence-corrected chi connectivity index (χ2v) is 9.47. The summed E-state index contributed by atoms with van der Waals surface area (Å²) in [6, 6.07) is 15.6. The van der Waals surface area contributed by atoms with Gasteiger partial charge in [0.05, 0.1) is 13.3 Å². The van der Waals surface area contributed by atoms with Crippen LogP contribution in [0.3, 0.4) is 0 Å². The van der Waals surface area contributed by atoms with Gasteiger partial charge in [0.25, 0.3) is 0 Å². The van der Waals surface area contributed by atoms with Gasteiger partial charge in [0.15, 0.2) is 11.5 Å². The van der Waals surface area contributed by atoms with Crippen LogP contribution >= 0.6 is 0 Å². The lowest BCUT2D eigenvalue weighted by molar-refractivity contribution is -0.121. The van der Waals surface area contributed by atoms with Crippen molar-refractivity contribution in [1.29, 1.82) is 0 Å². The van der Waals surface area contributed by atoms with E-state index in [9.17, 15) is 4.79 Å². The first-order chi connectivity index (χ1) is 17.7. The molecule has 2 aromatic rings. The van der Waals surface area contributed by atoms with Gasteiger partial charge in [-0.3, -0.25) is 4.79 Å². The fraction of sp³-hybridized carbons (Fsp3) is 0.548. The smallest absolute Gasteiger partial charge is 0.240 e. The van der Waals surface area contributed by atoms with Crippen LogP contribution in [0, 0.1) is 0 Å². The van der Waals surface area contributed by atoms with Gasteiger partial charge in [-0.25, -0.2) is 5.43 Å². The first-order valence-electron chi connectivity index (χ1n) is 13.9. The van der Waals surface area contributed by atoms with E-state index in [4.69, 9.17) is 9.47 Å². The summed E-state index contributed by atoms with van der Waals surface area (Å²) < 4.78 is 11.3. The Morgan fingerprint density at radius 1 is 0.806 bits per heavy atom. The second-order valence-electron chi connectivity index (χ2n) is 9.47. The van der Waals surface area contributed by atoms with Crippen molar-refractivity contribution < 1.29 is 14.3 Å². The zero-order valence-corrected chi connectivity index (χ0v) is 22.5. The SMILES string of the molecule is CCCCCCCCCCCCCCCC(=O)N/N=C/c1ccc(OCc2ccccc2)c(OC)c1. The van der Waals surface area contributed by atoms with Gasteiger partial charge in [-0.15, -0.1) is 0 Å². The van der Waals surface area contributed by atoms with E-state index < -0.39 is 0 Å². The lowest BCUT2D eigenvalue weighted by atomic mass is 10.0. The third-order valence-corrected chi connectivity index (χ3v) is 6.34. The monoisotopic (exact) mass is 494 g/mol. The number of rotatable bonds is 20. The molecule has 2 rings (SSSR count). The van der Waals surface area contributed by atoms with Crippen molar-refractivity contribution in [3.05, 3.63) is 59.7 Å². The molecule has 0 heterocycles. The summed E-state index contributed by atoms with van der Waals surface area (Å²) in [5, 5.41) is 4.10. The quantitative estimate of drug-likeness (QED) is 0.115. The predicted octanol–water partition coefficient (Wildman–Crippen LogP) is 8.21. The molecule has 0 saturated carbocycles. The number of nitrogens with zero attached hydrogens (tertiary/aromatic N) is 1. The van der Waals surface area contributed by atoms with E-state index in [2.05, 4.69) is 17.5 Å². The Morgan fingerprint density at radius 2 is 1.42 bits per heavy atom. The van der Waals surface area contributed by atoms with E-state index in [1.54, 1.807) is 13.3 Å². The van der Waals surface area contributed by atoms with Crippen LogP contribution in [0.1, 0.15) is 108 Å². The summed E-state index contributed by atoms with van der Waals surface area (Å²) in [7, 11) is 1.61. The number of unbranched alkanes of at least 4 members (excludes halogenated alkanes) is 12. The van der Waals surface area contributed by atoms with Gasteiger partial charge >= 0.3 is 0 Å². The first kappa shape index (κ1) is 29.4. The fourth-order valence-corrected chi connectivity index (χ4v) is 4.16. The van der Waals surface area contributed by atoms with Crippen LogP contribution in [0.2, 0.25) is 0 Å². The minimum Gasteiger partial charge on any atom is -0.493 e. The molecule has 0 radical (unpaired) electrons. The van der Waals surface area contributed by atoms with Gasteiger partial charge in [-0.05, 0) is 35.7 Å². The van der Waals surface area contributed by atoms with Crippen molar-refractivity contribution in [2.24, 2.45) is 5.10 Å². The van der Waals surface area contributed by atoms with Crippen molar-refractivity contribution >= 4 is 12.1 Å². The van der Waals surface area contributed by atoms with E-state index in [-0.39, 0.29) is 5.91 Å². The highest BCUT2D eigenvalue weighted by atomic mass is 16.5. The highest BCUT2D eigenvalue weighted by molar-refractivity contribution is 5.83. The number of methoxy groups -OCH3 is 1. The number of hydrazone groups is 1. The summed E-state index contributed by atoms with van der Waals surface area (Å²) in [4.78, 5) is 12.1. The molecule has 0 spiro atoms. The van der Waals surface area contributed by atoms with E-state index >= 15 is 0 Å². The van der Waals surface area contributed by atoms with Crippen LogP contribution in [0.15, 0.2) is 53.6 Å². The van der Waals surface area contributed by atoms with Crippen molar-refractivity contribution in [2.45, 2.75) is 103 Å². The molecule has 0 aromatic heterocycles. The molecule has 0 aliphatic rings. The molecule has 2 aromatic carbocycles. The zero-order chi connectivity index (χ0) is 25.7. The Hall–Kier alpha value is -2.82. The van der Waals surface area contributed by atoms with E-state index in [1.807, 2.05) is 48.5 Å². The Kier molecular flexibility index (Phi) is 15.8. The van der Waals surface area contributed by atoms with Crippen molar-refractivity contribution in [3.63, 3.8) is 0 Å². The normalized spacial score (nSPS) is 11.1. The maximum Gasteiger partial charge on any atom is 0.240 e. The van der Waals surface area contributed by atoms with Gasteiger partial charge in [-0.1, -0.05) is 114 Å². The Balaban J connectivity index is 1.54. The third-order valence-electron chi connectivity index (χ3n) is 6.34. The molecule has 0 fully saturated rings. The van der Waals surface area contributed by atoms with Crippen molar-refractivity contribution in [2.75, 3.05) is 7.11 Å². The van der Waals surface area contributed by atoms with Gasteiger partial charge in [-0.2, -0.15) is 5.10 Å². The number of ether oxygens (including phenoxy) is 2. The Morgan fingerprint density at radius 3 is 2.03 bits per heavy atom. The minimum atomic E-state index is -0.0379. The molecule has 36 heavy (non-hydrogen) atoms. The van der Waals surface area contributed by atoms with Crippen molar-refractivity contribution in [3.8, 4) is 11.5 Å². The van der Waals surface area contributed by atoms with E-state index in [0.717, 1.165) is 24.0 Å². The minimum absolute atomic E-state index is 0.0379. The summed E-state index contributed by atoms with van der Waals surface area (Å²) in [6.45, 7) is 2.74. The van der Waals surface area contributed by atoms with Gasteiger partial charge in [0, 0.05) is 6.42 Å². The van der Waals surface area contributed by atoms with Crippen LogP contribution in [-0.2, 0) is 11.4 Å². The number of carbonyl (C=O) groups excluding carboxylic acids is 1. The van der Waals surface area contributed by atoms with E-state index in [0.29, 0.717) is 24.5 Å². The van der Waals surface area contributed by atoms with Gasteiger partial charge in [0.2, 0.25) is 5.91 Å². The molecular formula is C31H46N2O3. The van der Waals surface area contributed by atoms with Crippen LogP contribution in [-0.4, -0.2) is 19.2 Å². The molecule has 0 atom stereocenters. The van der Waals surface area contributed by atoms with Crippen molar-refractivity contribution in [1.82, 2.24) is 5.43 Å². The first-order valence-corrected chi connectivity index (χ1v) is 13.9. The third kappa shape index (κ3) is 13.3. The molecule has 1 amide bonds. The average molecular weight is 495 g/mol. The molecule has 0 aliphatic heterocycles. The molecule has 5 heteroatoms. The summed E-state index contributed by atoms with van der Waals surface area (Å²) in [5.74, 6) is 1.27. The highest BCUT2D eigenvalue weighted by Gasteiger charge is 2.06. The number of benzene rings is 2. The number of nitrogens with one attached hydrogen (secondary N) is 1. The topological polar surface area (TPSA) is 59.9 Å². The standard InChI is InChI=1S/C31H46N2O3/c1-3-4-5-6-7-8-9-10-11-12-13-14-18-21-31(34)33-32-25-28-22-23-29(30(24-28)35-2)36-26-27-19-16-15-17-20-27/h15-17,19-20,22-25H,3-14,18,21,26H2,1-2H3,(H,33,34)/b32-25+. The molecular weight excluding hydrogens is 448 g/mol. The molecule has 5 nitrogen and oxygen atoms in total. The Labute approximate surface area is 218 Å². The van der Waals surface area contributed by atoms with Crippen LogP contribution in [0.5, 0.6) is 11.5 Å².